The second-order valence-electron chi connectivity index (χ2n) is 4.39. The molecule has 2 heterocycles. The first-order chi connectivity index (χ1) is 10.2. The molecule has 0 unspecified atom stereocenters. The molecule has 1 atom stereocenters. The Morgan fingerprint density at radius 1 is 1.29 bits per heavy atom. The van der Waals surface area contributed by atoms with Crippen molar-refractivity contribution in [1.29, 1.82) is 0 Å². The van der Waals surface area contributed by atoms with Crippen molar-refractivity contribution in [2.45, 2.75) is 12.6 Å². The fourth-order valence-corrected chi connectivity index (χ4v) is 1.94. The van der Waals surface area contributed by atoms with E-state index in [1.165, 1.54) is 12.5 Å². The van der Waals surface area contributed by atoms with E-state index in [1.807, 2.05) is 12.1 Å². The van der Waals surface area contributed by atoms with Crippen LogP contribution in [0.5, 0.6) is 0 Å². The zero-order chi connectivity index (χ0) is 14.7. The molecular weight excluding hydrogens is 292 g/mol. The number of nitrogens with zero attached hydrogens (tertiary/aromatic N) is 2. The number of benzene rings is 1. The van der Waals surface area contributed by atoms with Crippen LogP contribution in [0.3, 0.4) is 0 Å². The van der Waals surface area contributed by atoms with Crippen LogP contribution < -0.4 is 0 Å². The highest BCUT2D eigenvalue weighted by molar-refractivity contribution is 6.30. The Morgan fingerprint density at radius 2 is 2.10 bits per heavy atom. The third-order valence-electron chi connectivity index (χ3n) is 2.86. The van der Waals surface area contributed by atoms with Gasteiger partial charge in [0, 0.05) is 11.2 Å². The number of hydrogen-bond acceptors (Lipinski definition) is 5. The minimum atomic E-state index is -0.725. The summed E-state index contributed by atoms with van der Waals surface area (Å²) in [6, 6.07) is 10.0. The van der Waals surface area contributed by atoms with Gasteiger partial charge in [0.15, 0.2) is 11.8 Å². The molecular formula is C15H11ClN2O3. The Kier molecular flexibility index (Phi) is 3.83. The summed E-state index contributed by atoms with van der Waals surface area (Å²) in [6.07, 6.45) is 2.97. The Hall–Kier alpha value is -2.40. The molecule has 0 saturated carbocycles. The molecule has 0 fully saturated rings. The maximum Gasteiger partial charge on any atom is 0.343 e. The molecule has 0 spiro atoms. The van der Waals surface area contributed by atoms with Gasteiger partial charge < -0.3 is 9.15 Å². The normalized spacial score (nSPS) is 18.0. The lowest BCUT2D eigenvalue weighted by Gasteiger charge is -1.97. The number of halogens is 1. The lowest BCUT2D eigenvalue weighted by atomic mass is 10.2. The van der Waals surface area contributed by atoms with E-state index in [9.17, 15) is 4.79 Å². The van der Waals surface area contributed by atoms with Crippen LogP contribution in [0.15, 0.2) is 57.1 Å². The lowest BCUT2D eigenvalue weighted by Crippen LogP contribution is -2.16. The summed E-state index contributed by atoms with van der Waals surface area (Å²) in [7, 11) is 0. The number of cyclic esters (lactones) is 1. The first kappa shape index (κ1) is 13.6. The van der Waals surface area contributed by atoms with Crippen molar-refractivity contribution in [3.8, 4) is 0 Å². The van der Waals surface area contributed by atoms with E-state index in [4.69, 9.17) is 20.8 Å². The maximum atomic E-state index is 11.7. The van der Waals surface area contributed by atoms with E-state index >= 15 is 0 Å². The number of carbonyl (C=O) groups excluding carboxylic acids is 1. The highest BCUT2D eigenvalue weighted by atomic mass is 35.5. The molecule has 0 saturated heterocycles. The number of aliphatic imine (C=N–C) groups is 2. The van der Waals surface area contributed by atoms with Crippen LogP contribution >= 0.6 is 11.6 Å². The number of carbonyl (C=O) groups is 1. The number of furan rings is 1. The molecule has 3 rings (SSSR count). The molecule has 21 heavy (non-hydrogen) atoms. The first-order valence-corrected chi connectivity index (χ1v) is 6.68. The van der Waals surface area contributed by atoms with Gasteiger partial charge in [-0.1, -0.05) is 23.7 Å². The second-order valence-corrected chi connectivity index (χ2v) is 4.83. The minimum Gasteiger partial charge on any atom is -0.459 e. The predicted octanol–water partition coefficient (Wildman–Crippen LogP) is 2.88. The van der Waals surface area contributed by atoms with Gasteiger partial charge >= 0.3 is 5.97 Å². The van der Waals surface area contributed by atoms with Crippen molar-refractivity contribution in [1.82, 2.24) is 0 Å². The van der Waals surface area contributed by atoms with Gasteiger partial charge in [-0.2, -0.15) is 0 Å². The van der Waals surface area contributed by atoms with Crippen molar-refractivity contribution >= 4 is 29.7 Å². The van der Waals surface area contributed by atoms with Gasteiger partial charge in [0.25, 0.3) is 5.90 Å². The number of esters is 1. The van der Waals surface area contributed by atoms with Gasteiger partial charge in [-0.15, -0.1) is 0 Å². The van der Waals surface area contributed by atoms with Crippen molar-refractivity contribution in [2.24, 2.45) is 9.98 Å². The lowest BCUT2D eigenvalue weighted by molar-refractivity contribution is -0.133. The third kappa shape index (κ3) is 3.20. The third-order valence-corrected chi connectivity index (χ3v) is 3.11. The van der Waals surface area contributed by atoms with Crippen LogP contribution in [0.4, 0.5) is 0 Å². The summed E-state index contributed by atoms with van der Waals surface area (Å²) in [5.41, 5.74) is 0.997. The molecule has 1 aliphatic heterocycles. The second kappa shape index (κ2) is 5.93. The largest absolute Gasteiger partial charge is 0.459 e. The summed E-state index contributed by atoms with van der Waals surface area (Å²) in [6.45, 7) is 0.451. The summed E-state index contributed by atoms with van der Waals surface area (Å²) in [5.74, 6) is 0.158. The monoisotopic (exact) mass is 302 g/mol. The van der Waals surface area contributed by atoms with Crippen molar-refractivity contribution < 1.29 is 13.9 Å². The van der Waals surface area contributed by atoms with Crippen LogP contribution in [0.1, 0.15) is 11.3 Å². The Bertz CT molecular complexity index is 690. The van der Waals surface area contributed by atoms with Gasteiger partial charge in [-0.05, 0) is 29.8 Å². The van der Waals surface area contributed by atoms with Gasteiger partial charge in [0.05, 0.1) is 12.8 Å². The zero-order valence-electron chi connectivity index (χ0n) is 10.9. The summed E-state index contributed by atoms with van der Waals surface area (Å²) in [5, 5.41) is 0.676. The van der Waals surface area contributed by atoms with Crippen molar-refractivity contribution in [3.63, 3.8) is 0 Å². The number of rotatable bonds is 4. The molecule has 1 aromatic carbocycles. The van der Waals surface area contributed by atoms with Crippen molar-refractivity contribution in [2.75, 3.05) is 0 Å². The summed E-state index contributed by atoms with van der Waals surface area (Å²) < 4.78 is 10.2. The minimum absolute atomic E-state index is 0.188. The van der Waals surface area contributed by atoms with Crippen LogP contribution in [0, 0.1) is 0 Å². The Balaban J connectivity index is 1.65. The van der Waals surface area contributed by atoms with E-state index in [0.717, 1.165) is 5.56 Å². The van der Waals surface area contributed by atoms with Gasteiger partial charge in [-0.25, -0.2) is 9.79 Å². The molecule has 0 aliphatic carbocycles. The highest BCUT2D eigenvalue weighted by Crippen LogP contribution is 2.13. The topological polar surface area (TPSA) is 64.2 Å². The summed E-state index contributed by atoms with van der Waals surface area (Å²) >= 11 is 5.81. The molecule has 0 N–H and O–H groups in total. The Morgan fingerprint density at radius 3 is 2.81 bits per heavy atom. The molecule has 6 heteroatoms. The molecule has 5 nitrogen and oxygen atoms in total. The number of hydrogen-bond donors (Lipinski definition) is 0. The van der Waals surface area contributed by atoms with Crippen LogP contribution in [0.25, 0.3) is 0 Å². The van der Waals surface area contributed by atoms with E-state index < -0.39 is 12.0 Å². The zero-order valence-corrected chi connectivity index (χ0v) is 11.7. The SMILES string of the molecule is O=C1OC(c2ccco2)=N[C@@H]1C=NCc1ccc(Cl)cc1. The highest BCUT2D eigenvalue weighted by Gasteiger charge is 2.29. The fraction of sp³-hybridized carbons (Fsp3) is 0.133. The molecule has 106 valence electrons. The molecule has 2 aromatic rings. The van der Waals surface area contributed by atoms with Crippen LogP contribution in [-0.2, 0) is 16.1 Å². The maximum absolute atomic E-state index is 11.7. The number of ether oxygens (including phenoxy) is 1. The Labute approximate surface area is 125 Å². The molecule has 0 bridgehead atoms. The van der Waals surface area contributed by atoms with E-state index in [2.05, 4.69) is 9.98 Å². The molecule has 1 aliphatic rings. The standard InChI is InChI=1S/C15H11ClN2O3/c16-11-5-3-10(4-6-11)8-17-9-12-15(19)21-14(18-12)13-2-1-7-20-13/h1-7,9,12H,8H2/t12-/m1/s1. The summed E-state index contributed by atoms with van der Waals surface area (Å²) in [4.78, 5) is 20.0. The van der Waals surface area contributed by atoms with Crippen molar-refractivity contribution in [3.05, 3.63) is 59.0 Å². The van der Waals surface area contributed by atoms with Gasteiger partial charge in [0.2, 0.25) is 0 Å². The van der Waals surface area contributed by atoms with Gasteiger partial charge in [0.1, 0.15) is 0 Å². The predicted molar refractivity (Wildman–Crippen MR) is 78.8 cm³/mol. The van der Waals surface area contributed by atoms with E-state index in [-0.39, 0.29) is 5.90 Å². The van der Waals surface area contributed by atoms with E-state index in [0.29, 0.717) is 17.3 Å². The smallest absolute Gasteiger partial charge is 0.343 e. The van der Waals surface area contributed by atoms with E-state index in [1.54, 1.807) is 24.3 Å². The van der Waals surface area contributed by atoms with Crippen LogP contribution in [-0.4, -0.2) is 24.1 Å². The molecule has 0 radical (unpaired) electrons. The van der Waals surface area contributed by atoms with Gasteiger partial charge in [-0.3, -0.25) is 4.99 Å². The fourth-order valence-electron chi connectivity index (χ4n) is 1.82. The molecule has 0 amide bonds. The first-order valence-electron chi connectivity index (χ1n) is 6.30. The average Bonchev–Trinajstić information content (AvgIpc) is 3.11. The van der Waals surface area contributed by atoms with Crippen LogP contribution in [0.2, 0.25) is 5.02 Å². The molecule has 1 aromatic heterocycles. The average molecular weight is 303 g/mol. The quantitative estimate of drug-likeness (QED) is 0.644.